The highest BCUT2D eigenvalue weighted by Gasteiger charge is 2.42. The number of amides is 1. The van der Waals surface area contributed by atoms with E-state index >= 15 is 0 Å². The van der Waals surface area contributed by atoms with E-state index in [-0.39, 0.29) is 11.6 Å². The summed E-state index contributed by atoms with van der Waals surface area (Å²) in [5, 5.41) is 3.49. The summed E-state index contributed by atoms with van der Waals surface area (Å²) in [4.78, 5) is 13.5. The Balaban J connectivity index is 2.33. The first-order valence-electron chi connectivity index (χ1n) is 6.34. The van der Waals surface area contributed by atoms with Crippen LogP contribution in [0.15, 0.2) is 0 Å². The average molecular weight is 242 g/mol. The van der Waals surface area contributed by atoms with Gasteiger partial charge in [-0.05, 0) is 40.2 Å². The third kappa shape index (κ3) is 4.54. The number of rotatable bonds is 3. The molecule has 0 unspecified atom stereocenters. The average Bonchev–Trinajstić information content (AvgIpc) is 2.07. The molecule has 0 spiro atoms. The van der Waals surface area contributed by atoms with E-state index in [0.29, 0.717) is 5.92 Å². The predicted octanol–water partition coefficient (Wildman–Crippen LogP) is 2.24. The molecule has 1 saturated heterocycles. The molecule has 0 radical (unpaired) electrons. The minimum Gasteiger partial charge on any atom is -0.444 e. The number of likely N-dealkylation sites (tertiary alicyclic amines) is 1. The Kier molecular flexibility index (Phi) is 4.07. The molecule has 1 rings (SSSR count). The third-order valence-corrected chi connectivity index (χ3v) is 2.67. The number of carbonyl (C=O) groups is 1. The van der Waals surface area contributed by atoms with E-state index in [9.17, 15) is 4.79 Å². The summed E-state index contributed by atoms with van der Waals surface area (Å²) in [5.41, 5.74) is -0.352. The van der Waals surface area contributed by atoms with Gasteiger partial charge in [-0.3, -0.25) is 0 Å². The number of hydrogen-bond acceptors (Lipinski definition) is 3. The molecule has 1 heterocycles. The fourth-order valence-corrected chi connectivity index (χ4v) is 1.81. The van der Waals surface area contributed by atoms with E-state index in [1.165, 1.54) is 0 Å². The minimum atomic E-state index is -0.408. The standard InChI is InChI=1S/C13H26N2O2/c1-10(2)7-14-13(6)8-15(9-13)11(16)17-12(3,4)5/h10,14H,7-9H2,1-6H3. The maximum Gasteiger partial charge on any atom is 0.410 e. The number of carbonyl (C=O) groups excluding carboxylic acids is 1. The van der Waals surface area contributed by atoms with Crippen molar-refractivity contribution in [2.75, 3.05) is 19.6 Å². The van der Waals surface area contributed by atoms with Crippen molar-refractivity contribution in [2.24, 2.45) is 5.92 Å². The zero-order chi connectivity index (χ0) is 13.3. The lowest BCUT2D eigenvalue weighted by molar-refractivity contribution is -0.0127. The third-order valence-electron chi connectivity index (χ3n) is 2.67. The predicted molar refractivity (Wildman–Crippen MR) is 69.1 cm³/mol. The van der Waals surface area contributed by atoms with Crippen molar-refractivity contribution in [3.05, 3.63) is 0 Å². The Bertz CT molecular complexity index is 276. The highest BCUT2D eigenvalue weighted by atomic mass is 16.6. The summed E-state index contributed by atoms with van der Waals surface area (Å²) in [6, 6.07) is 0. The number of hydrogen-bond donors (Lipinski definition) is 1. The highest BCUT2D eigenvalue weighted by molar-refractivity contribution is 5.69. The lowest BCUT2D eigenvalue weighted by Crippen LogP contribution is -2.69. The first-order valence-corrected chi connectivity index (χ1v) is 6.34. The van der Waals surface area contributed by atoms with Crippen LogP contribution in [-0.2, 0) is 4.74 Å². The van der Waals surface area contributed by atoms with Crippen LogP contribution in [0.5, 0.6) is 0 Å². The molecule has 0 saturated carbocycles. The highest BCUT2D eigenvalue weighted by Crippen LogP contribution is 2.23. The van der Waals surface area contributed by atoms with Crippen LogP contribution in [0.1, 0.15) is 41.5 Å². The largest absolute Gasteiger partial charge is 0.444 e. The van der Waals surface area contributed by atoms with Crippen molar-refractivity contribution < 1.29 is 9.53 Å². The van der Waals surface area contributed by atoms with Crippen LogP contribution >= 0.6 is 0 Å². The van der Waals surface area contributed by atoms with Crippen molar-refractivity contribution in [3.63, 3.8) is 0 Å². The van der Waals surface area contributed by atoms with E-state index in [0.717, 1.165) is 19.6 Å². The Hall–Kier alpha value is -0.770. The quantitative estimate of drug-likeness (QED) is 0.825. The van der Waals surface area contributed by atoms with Crippen LogP contribution in [0.25, 0.3) is 0 Å². The molecule has 1 amide bonds. The maximum absolute atomic E-state index is 11.7. The number of ether oxygens (including phenoxy) is 1. The second-order valence-electron chi connectivity index (χ2n) is 6.67. The molecule has 0 atom stereocenters. The van der Waals surface area contributed by atoms with Crippen molar-refractivity contribution in [2.45, 2.75) is 52.7 Å². The monoisotopic (exact) mass is 242 g/mol. The van der Waals surface area contributed by atoms with Crippen molar-refractivity contribution >= 4 is 6.09 Å². The first kappa shape index (κ1) is 14.3. The minimum absolute atomic E-state index is 0.0567. The second-order valence-corrected chi connectivity index (χ2v) is 6.67. The zero-order valence-electron chi connectivity index (χ0n) is 12.0. The van der Waals surface area contributed by atoms with E-state index in [4.69, 9.17) is 4.74 Å². The molecule has 100 valence electrons. The van der Waals surface area contributed by atoms with Crippen LogP contribution < -0.4 is 5.32 Å². The van der Waals surface area contributed by atoms with Gasteiger partial charge in [0, 0.05) is 13.1 Å². The molecule has 1 aliphatic heterocycles. The van der Waals surface area contributed by atoms with Gasteiger partial charge in [-0.2, -0.15) is 0 Å². The molecule has 1 aliphatic rings. The van der Waals surface area contributed by atoms with Crippen LogP contribution in [0.2, 0.25) is 0 Å². The van der Waals surface area contributed by atoms with Crippen LogP contribution in [-0.4, -0.2) is 41.8 Å². The van der Waals surface area contributed by atoms with Gasteiger partial charge in [0.15, 0.2) is 0 Å². The van der Waals surface area contributed by atoms with Gasteiger partial charge in [-0.15, -0.1) is 0 Å². The molecule has 0 bridgehead atoms. The first-order chi connectivity index (χ1) is 7.61. The summed E-state index contributed by atoms with van der Waals surface area (Å²) in [5.74, 6) is 0.627. The summed E-state index contributed by atoms with van der Waals surface area (Å²) in [6.07, 6.45) is -0.207. The lowest BCUT2D eigenvalue weighted by Gasteiger charge is -2.48. The van der Waals surface area contributed by atoms with Gasteiger partial charge in [-0.25, -0.2) is 4.79 Å². The Labute approximate surface area is 105 Å². The van der Waals surface area contributed by atoms with E-state index in [1.807, 2.05) is 20.8 Å². The van der Waals surface area contributed by atoms with Gasteiger partial charge >= 0.3 is 6.09 Å². The Morgan fingerprint density at radius 2 is 1.94 bits per heavy atom. The SMILES string of the molecule is CC(C)CNC1(C)CN(C(=O)OC(C)(C)C)C1. The van der Waals surface area contributed by atoms with Crippen molar-refractivity contribution in [3.8, 4) is 0 Å². The fraction of sp³-hybridized carbons (Fsp3) is 0.923. The van der Waals surface area contributed by atoms with Gasteiger partial charge in [0.25, 0.3) is 0 Å². The zero-order valence-corrected chi connectivity index (χ0v) is 12.0. The molecule has 0 aliphatic carbocycles. The topological polar surface area (TPSA) is 41.6 Å². The normalized spacial score (nSPS) is 19.1. The van der Waals surface area contributed by atoms with Gasteiger partial charge < -0.3 is 15.0 Å². The summed E-state index contributed by atoms with van der Waals surface area (Å²) in [7, 11) is 0. The molecule has 1 fully saturated rings. The van der Waals surface area contributed by atoms with Crippen LogP contribution in [0.3, 0.4) is 0 Å². The molecule has 17 heavy (non-hydrogen) atoms. The smallest absolute Gasteiger partial charge is 0.410 e. The molecule has 0 aromatic rings. The molecule has 1 N–H and O–H groups in total. The lowest BCUT2D eigenvalue weighted by atomic mass is 9.92. The molecule has 4 heteroatoms. The fourth-order valence-electron chi connectivity index (χ4n) is 1.81. The Morgan fingerprint density at radius 1 is 1.41 bits per heavy atom. The summed E-state index contributed by atoms with van der Waals surface area (Å²) < 4.78 is 5.32. The van der Waals surface area contributed by atoms with Crippen molar-refractivity contribution in [1.82, 2.24) is 10.2 Å². The summed E-state index contributed by atoms with van der Waals surface area (Å²) in [6.45, 7) is 14.6. The molecule has 0 aromatic carbocycles. The van der Waals surface area contributed by atoms with Gasteiger partial charge in [-0.1, -0.05) is 13.8 Å². The number of nitrogens with one attached hydrogen (secondary N) is 1. The van der Waals surface area contributed by atoms with Gasteiger partial charge in [0.2, 0.25) is 0 Å². The van der Waals surface area contributed by atoms with Crippen molar-refractivity contribution in [1.29, 1.82) is 0 Å². The van der Waals surface area contributed by atoms with Gasteiger partial charge in [0.1, 0.15) is 5.60 Å². The second kappa shape index (κ2) is 4.84. The Morgan fingerprint density at radius 3 is 2.35 bits per heavy atom. The van der Waals surface area contributed by atoms with E-state index < -0.39 is 5.60 Å². The molecule has 0 aromatic heterocycles. The summed E-state index contributed by atoms with van der Waals surface area (Å²) >= 11 is 0. The molecular formula is C13H26N2O2. The maximum atomic E-state index is 11.7. The van der Waals surface area contributed by atoms with E-state index in [2.05, 4.69) is 26.1 Å². The van der Waals surface area contributed by atoms with E-state index in [1.54, 1.807) is 4.90 Å². The van der Waals surface area contributed by atoms with Crippen LogP contribution in [0.4, 0.5) is 4.79 Å². The molecular weight excluding hydrogens is 216 g/mol. The van der Waals surface area contributed by atoms with Crippen LogP contribution in [0, 0.1) is 5.92 Å². The molecule has 4 nitrogen and oxygen atoms in total. The van der Waals surface area contributed by atoms with Gasteiger partial charge in [0.05, 0.1) is 5.54 Å². The number of nitrogens with zero attached hydrogens (tertiary/aromatic N) is 1.